The number of rotatable bonds is 1. The van der Waals surface area contributed by atoms with E-state index < -0.39 is 35.4 Å². The summed E-state index contributed by atoms with van der Waals surface area (Å²) in [5, 5.41) is 36.3. The monoisotopic (exact) mass is 256 g/mol. The average molecular weight is 257 g/mol. The van der Waals surface area contributed by atoms with Crippen molar-refractivity contribution < 1.29 is 30.0 Å². The smallest absolute Gasteiger partial charge is 0.229 e. The van der Waals surface area contributed by atoms with E-state index in [0.29, 0.717) is 0 Å². The van der Waals surface area contributed by atoms with Gasteiger partial charge in [0.25, 0.3) is 0 Å². The highest BCUT2D eigenvalue weighted by Crippen LogP contribution is 2.21. The van der Waals surface area contributed by atoms with E-state index in [-0.39, 0.29) is 0 Å². The van der Waals surface area contributed by atoms with Crippen LogP contribution in [0.2, 0.25) is 0 Å². The fraction of sp³-hybridized carbons (Fsp3) is 0.833. The molecule has 0 unspecified atom stereocenters. The maximum atomic E-state index is 10.7. The molecule has 5 atom stereocenters. The highest BCUT2D eigenvalue weighted by Gasteiger charge is 2.45. The molecule has 0 aromatic rings. The van der Waals surface area contributed by atoms with Gasteiger partial charge in [0.1, 0.15) is 18.3 Å². The van der Waals surface area contributed by atoms with Crippen molar-refractivity contribution in [2.45, 2.75) is 30.7 Å². The van der Waals surface area contributed by atoms with E-state index in [9.17, 15) is 9.90 Å². The van der Waals surface area contributed by atoms with Crippen molar-refractivity contribution in [1.29, 1.82) is 0 Å². The lowest BCUT2D eigenvalue weighted by atomic mass is 10.00. The largest absolute Gasteiger partial charge is 0.387 e. The Morgan fingerprint density at radius 3 is 2.08 bits per heavy atom. The van der Waals surface area contributed by atoms with E-state index in [2.05, 4.69) is 20.7 Å². The molecule has 0 radical (unpaired) electrons. The van der Waals surface area contributed by atoms with Crippen LogP contribution in [0.25, 0.3) is 0 Å². The van der Waals surface area contributed by atoms with E-state index >= 15 is 0 Å². The Morgan fingerprint density at radius 1 is 1.08 bits per heavy atom. The Hall–Kier alpha value is -0.0500. The van der Waals surface area contributed by atoms with Crippen molar-refractivity contribution >= 4 is 20.6 Å². The maximum absolute atomic E-state index is 10.7. The summed E-state index contributed by atoms with van der Waals surface area (Å²) in [5.41, 5.74) is 0. The minimum absolute atomic E-state index is 0.704. The van der Waals surface area contributed by atoms with Crippen LogP contribution in [0.5, 0.6) is 0 Å². The summed E-state index contributed by atoms with van der Waals surface area (Å²) in [6.07, 6.45) is -7.81. The zero-order valence-corrected chi connectivity index (χ0v) is 7.96. The van der Waals surface area contributed by atoms with Crippen molar-refractivity contribution in [3.8, 4) is 0 Å². The zero-order valence-electron chi connectivity index (χ0n) is 6.37. The van der Waals surface area contributed by atoms with Gasteiger partial charge in [-0.2, -0.15) is 0 Å². The molecule has 0 aliphatic carbocycles. The van der Waals surface area contributed by atoms with Crippen LogP contribution in [0.15, 0.2) is 0 Å². The number of carbonyl (C=O) groups is 1. The molecule has 0 bridgehead atoms. The fourth-order valence-corrected chi connectivity index (χ4v) is 1.43. The minimum Gasteiger partial charge on any atom is -0.387 e. The Labute approximate surface area is 81.9 Å². The number of aliphatic hydroxyl groups is 4. The lowest BCUT2D eigenvalue weighted by Crippen LogP contribution is -2.58. The highest BCUT2D eigenvalue weighted by molar-refractivity contribution is 9.18. The Bertz CT molecular complexity index is 209. The summed E-state index contributed by atoms with van der Waals surface area (Å²) < 4.78 is 3.84. The summed E-state index contributed by atoms with van der Waals surface area (Å²) in [5.74, 6) is 0. The summed E-state index contributed by atoms with van der Waals surface area (Å²) in [6, 6.07) is 0. The Balaban J connectivity index is 2.76. The van der Waals surface area contributed by atoms with Crippen LogP contribution in [0.1, 0.15) is 0 Å². The van der Waals surface area contributed by atoms with E-state index in [4.69, 9.17) is 15.3 Å². The van der Waals surface area contributed by atoms with Gasteiger partial charge in [0, 0.05) is 0 Å². The van der Waals surface area contributed by atoms with E-state index in [1.807, 2.05) is 0 Å². The predicted octanol–water partition coefficient (Wildman–Crippen LogP) is -2.29. The van der Waals surface area contributed by atoms with Crippen LogP contribution >= 0.6 is 15.9 Å². The standard InChI is InChI=1S/C6H9BrO6/c7-5(11)4-2(9)1(8)3(10)6(12)13-4/h1-4,6,8-10,12H/t1-,2-,3+,4-,6+/m0/s1. The second kappa shape index (κ2) is 3.99. The quantitative estimate of drug-likeness (QED) is 0.394. The normalized spacial score (nSPS) is 46.1. The van der Waals surface area contributed by atoms with Gasteiger partial charge in [0.05, 0.1) is 0 Å². The number of hydrogen-bond acceptors (Lipinski definition) is 6. The first-order valence-electron chi connectivity index (χ1n) is 3.52. The molecule has 1 aliphatic rings. The van der Waals surface area contributed by atoms with Crippen LogP contribution in [-0.4, -0.2) is 55.8 Å². The van der Waals surface area contributed by atoms with Gasteiger partial charge in [-0.15, -0.1) is 0 Å². The van der Waals surface area contributed by atoms with Gasteiger partial charge < -0.3 is 25.2 Å². The van der Waals surface area contributed by atoms with E-state index in [1.165, 1.54) is 0 Å². The second-order valence-corrected chi connectivity index (χ2v) is 3.50. The Morgan fingerprint density at radius 2 is 1.62 bits per heavy atom. The third-order valence-corrected chi connectivity index (χ3v) is 2.26. The molecule has 6 nitrogen and oxygen atoms in total. The first kappa shape index (κ1) is 11.0. The number of carbonyl (C=O) groups excluding carboxylic acids is 1. The lowest BCUT2D eigenvalue weighted by molar-refractivity contribution is -0.273. The highest BCUT2D eigenvalue weighted by atomic mass is 79.9. The average Bonchev–Trinajstić information content (AvgIpc) is 2.07. The van der Waals surface area contributed by atoms with E-state index in [0.717, 1.165) is 0 Å². The number of ether oxygens (including phenoxy) is 1. The maximum Gasteiger partial charge on any atom is 0.229 e. The van der Waals surface area contributed by atoms with Gasteiger partial charge in [0.2, 0.25) is 4.69 Å². The first-order chi connectivity index (χ1) is 5.95. The zero-order chi connectivity index (χ0) is 10.2. The summed E-state index contributed by atoms with van der Waals surface area (Å²) in [4.78, 5) is 10.7. The number of halogens is 1. The van der Waals surface area contributed by atoms with Gasteiger partial charge in [-0.05, 0) is 15.9 Å². The minimum atomic E-state index is -1.68. The van der Waals surface area contributed by atoms with E-state index in [1.54, 1.807) is 0 Å². The van der Waals surface area contributed by atoms with Gasteiger partial charge in [-0.1, -0.05) is 0 Å². The summed E-state index contributed by atoms with van der Waals surface area (Å²) >= 11 is 2.52. The van der Waals surface area contributed by atoms with Crippen LogP contribution < -0.4 is 0 Å². The molecule has 13 heavy (non-hydrogen) atoms. The van der Waals surface area contributed by atoms with Crippen molar-refractivity contribution in [1.82, 2.24) is 0 Å². The third-order valence-electron chi connectivity index (χ3n) is 1.81. The summed E-state index contributed by atoms with van der Waals surface area (Å²) in [7, 11) is 0. The molecule has 1 fully saturated rings. The van der Waals surface area contributed by atoms with Gasteiger partial charge in [-0.3, -0.25) is 4.79 Å². The van der Waals surface area contributed by atoms with Crippen molar-refractivity contribution in [3.63, 3.8) is 0 Å². The molecule has 7 heteroatoms. The fourth-order valence-electron chi connectivity index (χ4n) is 1.05. The van der Waals surface area contributed by atoms with Crippen molar-refractivity contribution in [2.75, 3.05) is 0 Å². The molecule has 76 valence electrons. The molecule has 1 aliphatic heterocycles. The summed E-state index contributed by atoms with van der Waals surface area (Å²) in [6.45, 7) is 0. The molecule has 4 N–H and O–H groups in total. The molecule has 1 saturated heterocycles. The molecule has 0 amide bonds. The van der Waals surface area contributed by atoms with Gasteiger partial charge in [0.15, 0.2) is 12.4 Å². The van der Waals surface area contributed by atoms with Crippen LogP contribution in [0, 0.1) is 0 Å². The first-order valence-corrected chi connectivity index (χ1v) is 4.31. The molecule has 0 saturated carbocycles. The number of aliphatic hydroxyl groups excluding tert-OH is 4. The predicted molar refractivity (Wildman–Crippen MR) is 42.8 cm³/mol. The molecular weight excluding hydrogens is 248 g/mol. The van der Waals surface area contributed by atoms with Gasteiger partial charge >= 0.3 is 0 Å². The van der Waals surface area contributed by atoms with Crippen molar-refractivity contribution in [2.24, 2.45) is 0 Å². The molecular formula is C6H9BrO6. The van der Waals surface area contributed by atoms with Crippen molar-refractivity contribution in [3.05, 3.63) is 0 Å². The molecule has 0 spiro atoms. The molecule has 1 heterocycles. The third kappa shape index (κ3) is 2.06. The lowest BCUT2D eigenvalue weighted by Gasteiger charge is -2.36. The second-order valence-electron chi connectivity index (χ2n) is 2.72. The van der Waals surface area contributed by atoms with Crippen LogP contribution in [0.3, 0.4) is 0 Å². The molecule has 0 aromatic carbocycles. The van der Waals surface area contributed by atoms with Gasteiger partial charge in [-0.25, -0.2) is 0 Å². The number of hydrogen-bond donors (Lipinski definition) is 4. The van der Waals surface area contributed by atoms with Crippen LogP contribution in [0.4, 0.5) is 0 Å². The molecule has 0 aromatic heterocycles. The molecule has 1 rings (SSSR count). The SMILES string of the molecule is O=C(Br)[C@H]1O[C@@H](O)[C@H](O)[C@@H](O)[C@@H]1O. The Kier molecular flexibility index (Phi) is 3.38. The topological polar surface area (TPSA) is 107 Å². The van der Waals surface area contributed by atoms with Crippen LogP contribution in [-0.2, 0) is 9.53 Å².